The van der Waals surface area contributed by atoms with Gasteiger partial charge in [0.05, 0.1) is 5.69 Å². The summed E-state index contributed by atoms with van der Waals surface area (Å²) in [6, 6.07) is 7.55. The number of para-hydroxylation sites is 1. The van der Waals surface area contributed by atoms with Gasteiger partial charge in [0.15, 0.2) is 23.4 Å². The van der Waals surface area contributed by atoms with Crippen molar-refractivity contribution in [2.75, 3.05) is 17.2 Å². The number of carbonyl (C=O) groups excluding carboxylic acids is 1. The molecule has 0 fully saturated rings. The van der Waals surface area contributed by atoms with E-state index in [1.165, 1.54) is 0 Å². The molecular formula is C19H22F3IN4O. The van der Waals surface area contributed by atoms with Crippen molar-refractivity contribution in [2.45, 2.75) is 26.7 Å². The molecule has 0 aliphatic heterocycles. The number of nitrogens with one attached hydrogen (secondary N) is 2. The normalized spacial score (nSPS) is 11.0. The minimum Gasteiger partial charge on any atom is -0.370 e. The molecule has 0 radical (unpaired) electrons. The molecule has 0 spiro atoms. The van der Waals surface area contributed by atoms with Crippen LogP contribution in [0.25, 0.3) is 0 Å². The van der Waals surface area contributed by atoms with Crippen LogP contribution in [0, 0.1) is 17.5 Å². The molecule has 0 bridgehead atoms. The maximum atomic E-state index is 13.6. The van der Waals surface area contributed by atoms with Crippen molar-refractivity contribution in [3.8, 4) is 0 Å². The molecule has 0 unspecified atom stereocenters. The Morgan fingerprint density at radius 3 is 2.18 bits per heavy atom. The van der Waals surface area contributed by atoms with E-state index < -0.39 is 35.6 Å². The Labute approximate surface area is 178 Å². The molecule has 2 rings (SSSR count). The average Bonchev–Trinajstić information content (AvgIpc) is 2.67. The van der Waals surface area contributed by atoms with Crippen LogP contribution in [0.2, 0.25) is 0 Å². The number of aliphatic imine (C=N–C) groups is 1. The minimum atomic E-state index is -1.65. The number of hydrogen-bond acceptors (Lipinski definition) is 2. The zero-order valence-corrected chi connectivity index (χ0v) is 17.8. The number of benzene rings is 2. The summed E-state index contributed by atoms with van der Waals surface area (Å²) >= 11 is 0. The third kappa shape index (κ3) is 5.85. The van der Waals surface area contributed by atoms with E-state index in [0.717, 1.165) is 41.8 Å². The van der Waals surface area contributed by atoms with E-state index in [2.05, 4.69) is 15.6 Å². The number of hydrogen-bond donors (Lipinski definition) is 3. The van der Waals surface area contributed by atoms with Crippen LogP contribution < -0.4 is 16.4 Å². The third-order valence-electron chi connectivity index (χ3n) is 3.95. The molecule has 1 amide bonds. The van der Waals surface area contributed by atoms with Crippen LogP contribution in [0.15, 0.2) is 35.3 Å². The van der Waals surface area contributed by atoms with Gasteiger partial charge in [-0.2, -0.15) is 0 Å². The molecule has 4 N–H and O–H groups in total. The molecule has 0 aliphatic carbocycles. The number of amides is 1. The molecule has 0 aromatic heterocycles. The van der Waals surface area contributed by atoms with Gasteiger partial charge in [0.1, 0.15) is 6.54 Å². The van der Waals surface area contributed by atoms with Gasteiger partial charge in [0, 0.05) is 5.69 Å². The van der Waals surface area contributed by atoms with Crippen molar-refractivity contribution in [1.82, 2.24) is 0 Å². The Morgan fingerprint density at radius 1 is 1.00 bits per heavy atom. The van der Waals surface area contributed by atoms with Crippen LogP contribution in [0.4, 0.5) is 24.5 Å². The quantitative estimate of drug-likeness (QED) is 0.238. The van der Waals surface area contributed by atoms with Crippen molar-refractivity contribution < 1.29 is 18.0 Å². The van der Waals surface area contributed by atoms with Crippen molar-refractivity contribution in [3.63, 3.8) is 0 Å². The highest BCUT2D eigenvalue weighted by Crippen LogP contribution is 2.22. The number of rotatable bonds is 6. The van der Waals surface area contributed by atoms with E-state index in [1.54, 1.807) is 0 Å². The van der Waals surface area contributed by atoms with Gasteiger partial charge in [0.25, 0.3) is 0 Å². The summed E-state index contributed by atoms with van der Waals surface area (Å²) in [6.45, 7) is 3.61. The van der Waals surface area contributed by atoms with Crippen molar-refractivity contribution in [2.24, 2.45) is 10.7 Å². The first kappa shape index (κ1) is 23.7. The molecule has 28 heavy (non-hydrogen) atoms. The highest BCUT2D eigenvalue weighted by molar-refractivity contribution is 14.0. The van der Waals surface area contributed by atoms with Crippen LogP contribution in [0.5, 0.6) is 0 Å². The monoisotopic (exact) mass is 506 g/mol. The van der Waals surface area contributed by atoms with Gasteiger partial charge < -0.3 is 16.4 Å². The minimum absolute atomic E-state index is 0. The smallest absolute Gasteiger partial charge is 0.246 e. The zero-order chi connectivity index (χ0) is 20.0. The predicted molar refractivity (Wildman–Crippen MR) is 116 cm³/mol. The number of carbonyl (C=O) groups is 1. The van der Waals surface area contributed by atoms with Gasteiger partial charge >= 0.3 is 0 Å². The predicted octanol–water partition coefficient (Wildman–Crippen LogP) is 4.21. The summed E-state index contributed by atoms with van der Waals surface area (Å²) in [4.78, 5) is 15.8. The van der Waals surface area contributed by atoms with Gasteiger partial charge in [-0.3, -0.25) is 4.79 Å². The van der Waals surface area contributed by atoms with E-state index in [1.807, 2.05) is 32.0 Å². The Kier molecular flexibility index (Phi) is 9.23. The second-order valence-electron chi connectivity index (χ2n) is 5.76. The number of nitrogens with two attached hydrogens (primary N) is 1. The Morgan fingerprint density at radius 2 is 1.61 bits per heavy atom. The van der Waals surface area contributed by atoms with Crippen LogP contribution in [-0.2, 0) is 17.6 Å². The molecule has 0 saturated carbocycles. The Hall–Kier alpha value is -2.30. The first-order valence-corrected chi connectivity index (χ1v) is 8.48. The molecule has 152 valence electrons. The van der Waals surface area contributed by atoms with Gasteiger partial charge in [-0.15, -0.1) is 24.0 Å². The lowest BCUT2D eigenvalue weighted by Crippen LogP contribution is -2.26. The topological polar surface area (TPSA) is 79.5 Å². The summed E-state index contributed by atoms with van der Waals surface area (Å²) in [5, 5.41) is 5.12. The number of nitrogens with zero attached hydrogens (tertiary/aromatic N) is 1. The largest absolute Gasteiger partial charge is 0.370 e. The molecule has 9 heteroatoms. The van der Waals surface area contributed by atoms with Gasteiger partial charge in [-0.05, 0) is 36.1 Å². The summed E-state index contributed by atoms with van der Waals surface area (Å²) in [5.41, 5.74) is 8.33. The lowest BCUT2D eigenvalue weighted by molar-refractivity contribution is -0.114. The fourth-order valence-electron chi connectivity index (χ4n) is 2.54. The number of aryl methyl sites for hydroxylation is 2. The van der Waals surface area contributed by atoms with Crippen LogP contribution in [-0.4, -0.2) is 18.4 Å². The summed E-state index contributed by atoms with van der Waals surface area (Å²) in [5.74, 6) is -5.16. The van der Waals surface area contributed by atoms with E-state index in [0.29, 0.717) is 0 Å². The Bertz CT molecular complexity index is 852. The zero-order valence-electron chi connectivity index (χ0n) is 15.5. The average molecular weight is 506 g/mol. The third-order valence-corrected chi connectivity index (χ3v) is 3.95. The second-order valence-corrected chi connectivity index (χ2v) is 5.76. The highest BCUT2D eigenvalue weighted by Gasteiger charge is 2.15. The van der Waals surface area contributed by atoms with Crippen molar-refractivity contribution in [3.05, 3.63) is 58.9 Å². The summed E-state index contributed by atoms with van der Waals surface area (Å²) < 4.78 is 39.7. The number of guanidine groups is 1. The van der Waals surface area contributed by atoms with Crippen molar-refractivity contribution in [1.29, 1.82) is 0 Å². The lowest BCUT2D eigenvalue weighted by Gasteiger charge is -2.14. The van der Waals surface area contributed by atoms with Crippen LogP contribution in [0.3, 0.4) is 0 Å². The van der Waals surface area contributed by atoms with E-state index in [9.17, 15) is 18.0 Å². The molecular weight excluding hydrogens is 484 g/mol. The molecule has 0 heterocycles. The first-order valence-electron chi connectivity index (χ1n) is 8.48. The highest BCUT2D eigenvalue weighted by atomic mass is 127. The number of anilines is 2. The summed E-state index contributed by atoms with van der Waals surface area (Å²) in [6.07, 6.45) is 1.58. The molecule has 2 aromatic rings. The fraction of sp³-hybridized carbons (Fsp3) is 0.263. The van der Waals surface area contributed by atoms with E-state index >= 15 is 0 Å². The van der Waals surface area contributed by atoms with E-state index in [-0.39, 0.29) is 29.9 Å². The second kappa shape index (κ2) is 10.9. The van der Waals surface area contributed by atoms with Gasteiger partial charge in [-0.25, -0.2) is 18.2 Å². The maximum Gasteiger partial charge on any atom is 0.246 e. The molecule has 0 saturated heterocycles. The number of halogens is 4. The fourth-order valence-corrected chi connectivity index (χ4v) is 2.54. The SMILES string of the molecule is CCc1cccc(CC)c1NC(N)=NCC(=O)Nc1ccc(F)c(F)c1F.I. The van der Waals surface area contributed by atoms with Gasteiger partial charge in [0.2, 0.25) is 5.91 Å². The maximum absolute atomic E-state index is 13.6. The van der Waals surface area contributed by atoms with E-state index in [4.69, 9.17) is 5.73 Å². The Balaban J connectivity index is 0.00000392. The first-order chi connectivity index (χ1) is 12.9. The lowest BCUT2D eigenvalue weighted by atomic mass is 10.0. The van der Waals surface area contributed by atoms with Gasteiger partial charge in [-0.1, -0.05) is 32.0 Å². The standard InChI is InChI=1S/C19H21F3N4O.HI/c1-3-11-6-5-7-12(4-2)18(11)26-19(23)24-10-15(27)25-14-9-8-13(20)16(21)17(14)22;/h5-9H,3-4,10H2,1-2H3,(H,25,27)(H3,23,24,26);1H. The molecule has 5 nitrogen and oxygen atoms in total. The van der Waals surface area contributed by atoms with Crippen LogP contribution >= 0.6 is 24.0 Å². The van der Waals surface area contributed by atoms with Crippen molar-refractivity contribution >= 4 is 47.2 Å². The molecule has 2 aromatic carbocycles. The molecule has 0 aliphatic rings. The summed E-state index contributed by atoms with van der Waals surface area (Å²) in [7, 11) is 0. The van der Waals surface area contributed by atoms with Crippen LogP contribution in [0.1, 0.15) is 25.0 Å². The molecule has 0 atom stereocenters.